The number of hydrogen-bond donors (Lipinski definition) is 0. The number of para-hydroxylation sites is 3. The van der Waals surface area contributed by atoms with Gasteiger partial charge in [0.05, 0.1) is 0 Å². The SMILES string of the molecule is CN1[CH-]N(c2[c-]c(Oc3[c-]c4c(cc3)c3ccccc3n4-c3cc(C4(c5ccccc5)CCCCC4)ccn3)cc(-c3ccccc3)c2)c2ccccc21.[Pt]. The summed E-state index contributed by atoms with van der Waals surface area (Å²) in [5, 5.41) is 2.26. The van der Waals surface area contributed by atoms with E-state index >= 15 is 0 Å². The number of nitrogens with zero attached hydrogens (tertiary/aromatic N) is 4. The van der Waals surface area contributed by atoms with Crippen LogP contribution in [0.25, 0.3) is 38.8 Å². The van der Waals surface area contributed by atoms with Gasteiger partial charge in [-0.2, -0.15) is 12.7 Å². The average Bonchev–Trinajstić information content (AvgIpc) is 3.76. The van der Waals surface area contributed by atoms with Gasteiger partial charge in [0.1, 0.15) is 5.82 Å². The molecule has 5 nitrogen and oxygen atoms in total. The molecule has 1 saturated carbocycles. The molecule has 55 heavy (non-hydrogen) atoms. The molecule has 10 rings (SSSR count). The molecular weight excluding hydrogens is 856 g/mol. The van der Waals surface area contributed by atoms with Crippen LogP contribution in [0.15, 0.2) is 152 Å². The second-order valence-corrected chi connectivity index (χ2v) is 14.5. The Labute approximate surface area is 337 Å². The fourth-order valence-electron chi connectivity index (χ4n) is 8.75. The second-order valence-electron chi connectivity index (χ2n) is 14.5. The maximum atomic E-state index is 6.74. The molecule has 1 fully saturated rings. The zero-order valence-corrected chi connectivity index (χ0v) is 32.8. The van der Waals surface area contributed by atoms with Crippen molar-refractivity contribution < 1.29 is 25.8 Å². The molecule has 2 aliphatic rings. The molecule has 0 amide bonds. The van der Waals surface area contributed by atoms with Crippen LogP contribution in [0.1, 0.15) is 43.2 Å². The smallest absolute Gasteiger partial charge is 0.135 e. The van der Waals surface area contributed by atoms with Gasteiger partial charge in [-0.15, -0.1) is 47.0 Å². The Hall–Kier alpha value is -5.64. The van der Waals surface area contributed by atoms with Gasteiger partial charge in [-0.3, -0.25) is 0 Å². The number of pyridine rings is 1. The molecule has 0 spiro atoms. The summed E-state index contributed by atoms with van der Waals surface area (Å²) < 4.78 is 9.00. The molecule has 274 valence electrons. The van der Waals surface area contributed by atoms with Crippen LogP contribution in [0, 0.1) is 18.8 Å². The predicted octanol–water partition coefficient (Wildman–Crippen LogP) is 12.2. The third kappa shape index (κ3) is 6.21. The minimum atomic E-state index is -0.0344. The van der Waals surface area contributed by atoms with Gasteiger partial charge in [0, 0.05) is 61.1 Å². The molecule has 0 unspecified atom stereocenters. The van der Waals surface area contributed by atoms with E-state index in [4.69, 9.17) is 9.72 Å². The molecule has 1 aliphatic carbocycles. The molecule has 0 radical (unpaired) electrons. The summed E-state index contributed by atoms with van der Waals surface area (Å²) in [6.45, 7) is 2.10. The zero-order valence-electron chi connectivity index (χ0n) is 30.6. The van der Waals surface area contributed by atoms with Crippen LogP contribution >= 0.6 is 0 Å². The number of rotatable bonds is 7. The number of hydrogen-bond acceptors (Lipinski definition) is 4. The van der Waals surface area contributed by atoms with E-state index in [-0.39, 0.29) is 26.5 Å². The molecular formula is C49H39N4OPt-3. The first-order valence-electron chi connectivity index (χ1n) is 18.9. The van der Waals surface area contributed by atoms with Crippen molar-refractivity contribution in [3.63, 3.8) is 0 Å². The standard InChI is InChI=1S/C49H39N4O.Pt/c1-51-34-52(46-22-12-11-21-45(46)51)39-29-36(35-15-5-2-6-16-35)30-41(32-39)54-40-23-24-43-42-19-9-10-20-44(42)53(47(43)33-40)48-31-38(25-28-50-48)49(26-13-4-14-27-49)37-17-7-3-8-18-37;/h2-3,5-12,15-25,28-31,34H,4,13-14,26-27H2,1H3;/q-3;. The minimum Gasteiger partial charge on any atom is -0.509 e. The average molecular weight is 895 g/mol. The Balaban J connectivity index is 0.00000397. The Morgan fingerprint density at radius 1 is 0.636 bits per heavy atom. The number of anilines is 3. The minimum absolute atomic E-state index is 0. The molecule has 6 heteroatoms. The van der Waals surface area contributed by atoms with Crippen molar-refractivity contribution in [1.82, 2.24) is 9.55 Å². The van der Waals surface area contributed by atoms with Gasteiger partial charge in [-0.25, -0.2) is 4.98 Å². The molecule has 0 bridgehead atoms. The summed E-state index contributed by atoms with van der Waals surface area (Å²) in [4.78, 5) is 9.33. The molecule has 8 aromatic rings. The summed E-state index contributed by atoms with van der Waals surface area (Å²) >= 11 is 0. The summed E-state index contributed by atoms with van der Waals surface area (Å²) in [5.41, 5.74) is 9.99. The van der Waals surface area contributed by atoms with Crippen molar-refractivity contribution in [3.05, 3.63) is 182 Å². The van der Waals surface area contributed by atoms with Gasteiger partial charge < -0.3 is 19.1 Å². The molecule has 0 atom stereocenters. The van der Waals surface area contributed by atoms with Gasteiger partial charge >= 0.3 is 0 Å². The van der Waals surface area contributed by atoms with Crippen LogP contribution in [-0.4, -0.2) is 16.6 Å². The van der Waals surface area contributed by atoms with E-state index in [1.54, 1.807) is 0 Å². The molecule has 0 saturated heterocycles. The van der Waals surface area contributed by atoms with Gasteiger partial charge in [0.15, 0.2) is 0 Å². The normalized spacial score (nSPS) is 14.9. The first kappa shape index (κ1) is 35.1. The maximum Gasteiger partial charge on any atom is 0.135 e. The number of fused-ring (bicyclic) bond motifs is 4. The number of ether oxygens (including phenoxy) is 1. The van der Waals surface area contributed by atoms with Crippen molar-refractivity contribution >= 4 is 38.9 Å². The Morgan fingerprint density at radius 2 is 1.36 bits per heavy atom. The first-order valence-corrected chi connectivity index (χ1v) is 18.9. The van der Waals surface area contributed by atoms with E-state index in [0.29, 0.717) is 11.5 Å². The van der Waals surface area contributed by atoms with Crippen LogP contribution in [-0.2, 0) is 26.5 Å². The third-order valence-electron chi connectivity index (χ3n) is 11.3. The van der Waals surface area contributed by atoms with E-state index in [9.17, 15) is 0 Å². The molecule has 1 aliphatic heterocycles. The van der Waals surface area contributed by atoms with Crippen molar-refractivity contribution in [2.24, 2.45) is 0 Å². The van der Waals surface area contributed by atoms with Crippen molar-refractivity contribution in [3.8, 4) is 28.4 Å². The van der Waals surface area contributed by atoms with Crippen LogP contribution in [0.5, 0.6) is 11.5 Å². The van der Waals surface area contributed by atoms with Gasteiger partial charge in [-0.05, 0) is 72.3 Å². The summed E-state index contributed by atoms with van der Waals surface area (Å²) in [7, 11) is 2.07. The monoisotopic (exact) mass is 894 g/mol. The quantitative estimate of drug-likeness (QED) is 0.149. The predicted molar refractivity (Wildman–Crippen MR) is 220 cm³/mol. The topological polar surface area (TPSA) is 33.5 Å². The molecule has 2 aromatic heterocycles. The second kappa shape index (κ2) is 14.5. The Kier molecular flexibility index (Phi) is 9.28. The Morgan fingerprint density at radius 3 is 2.18 bits per heavy atom. The summed E-state index contributed by atoms with van der Waals surface area (Å²) in [5.74, 6) is 2.12. The van der Waals surface area contributed by atoms with E-state index in [1.807, 2.05) is 18.3 Å². The molecule has 6 aromatic carbocycles. The van der Waals surface area contributed by atoms with Crippen LogP contribution < -0.4 is 14.5 Å². The number of benzene rings is 6. The molecule has 3 heterocycles. The zero-order chi connectivity index (χ0) is 36.1. The number of aromatic nitrogens is 2. The maximum absolute atomic E-state index is 6.74. The van der Waals surface area contributed by atoms with Crippen LogP contribution in [0.4, 0.5) is 17.1 Å². The Bertz CT molecular complexity index is 2630. The van der Waals surface area contributed by atoms with Gasteiger partial charge in [-0.1, -0.05) is 116 Å². The largest absolute Gasteiger partial charge is 0.509 e. The van der Waals surface area contributed by atoms with E-state index in [2.05, 4.69) is 174 Å². The summed E-state index contributed by atoms with van der Waals surface area (Å²) in [6.07, 6.45) is 7.98. The van der Waals surface area contributed by atoms with Crippen molar-refractivity contribution in [2.45, 2.75) is 37.5 Å². The molecule has 0 N–H and O–H groups in total. The van der Waals surface area contributed by atoms with E-state index < -0.39 is 0 Å². The third-order valence-corrected chi connectivity index (χ3v) is 11.3. The van der Waals surface area contributed by atoms with Crippen LogP contribution in [0.2, 0.25) is 0 Å². The van der Waals surface area contributed by atoms with Crippen molar-refractivity contribution in [2.75, 3.05) is 16.8 Å². The van der Waals surface area contributed by atoms with Gasteiger partial charge in [0.25, 0.3) is 0 Å². The summed E-state index contributed by atoms with van der Waals surface area (Å²) in [6, 6.07) is 58.7. The fourth-order valence-corrected chi connectivity index (χ4v) is 8.75. The fraction of sp³-hybridized carbons (Fsp3) is 0.143. The van der Waals surface area contributed by atoms with E-state index in [0.717, 1.165) is 68.7 Å². The van der Waals surface area contributed by atoms with E-state index in [1.165, 1.54) is 30.4 Å². The first-order chi connectivity index (χ1) is 26.6. The van der Waals surface area contributed by atoms with Crippen LogP contribution in [0.3, 0.4) is 0 Å². The van der Waals surface area contributed by atoms with Crippen molar-refractivity contribution in [1.29, 1.82) is 0 Å². The van der Waals surface area contributed by atoms with Gasteiger partial charge in [0.2, 0.25) is 0 Å².